The molecule has 0 saturated carbocycles. The molecule has 8 nitrogen and oxygen atoms in total. The Bertz CT molecular complexity index is 1010. The van der Waals surface area contributed by atoms with Crippen LogP contribution in [-0.4, -0.2) is 51.2 Å². The summed E-state index contributed by atoms with van der Waals surface area (Å²) in [4.78, 5) is 27.0. The second-order valence-electron chi connectivity index (χ2n) is 7.41. The Balaban J connectivity index is 1.49. The van der Waals surface area contributed by atoms with Crippen LogP contribution in [0.5, 0.6) is 0 Å². The summed E-state index contributed by atoms with van der Waals surface area (Å²) in [5, 5.41) is 12.7. The zero-order chi connectivity index (χ0) is 20.9. The Kier molecular flexibility index (Phi) is 5.83. The average Bonchev–Trinajstić information content (AvgIpc) is 3.46. The van der Waals surface area contributed by atoms with Crippen LogP contribution in [0.2, 0.25) is 0 Å². The van der Waals surface area contributed by atoms with Gasteiger partial charge in [0.1, 0.15) is 0 Å². The highest BCUT2D eigenvalue weighted by Crippen LogP contribution is 2.31. The monoisotopic (exact) mass is 406 g/mol. The van der Waals surface area contributed by atoms with E-state index in [4.69, 9.17) is 0 Å². The molecule has 3 aromatic rings. The fourth-order valence-corrected chi connectivity index (χ4v) is 3.92. The van der Waals surface area contributed by atoms with Gasteiger partial charge in [-0.2, -0.15) is 5.10 Å². The van der Waals surface area contributed by atoms with E-state index in [-0.39, 0.29) is 17.9 Å². The van der Waals surface area contributed by atoms with E-state index in [2.05, 4.69) is 20.8 Å². The van der Waals surface area contributed by atoms with Gasteiger partial charge >= 0.3 is 6.03 Å². The van der Waals surface area contributed by atoms with Gasteiger partial charge in [0.2, 0.25) is 0 Å². The summed E-state index contributed by atoms with van der Waals surface area (Å²) in [5.74, 6) is 0.112. The number of hydrogen-bond donors (Lipinski definition) is 3. The van der Waals surface area contributed by atoms with Crippen molar-refractivity contribution in [3.63, 3.8) is 0 Å². The number of urea groups is 1. The van der Waals surface area contributed by atoms with Gasteiger partial charge < -0.3 is 20.1 Å². The van der Waals surface area contributed by atoms with Crippen molar-refractivity contribution >= 4 is 17.6 Å². The number of nitrogens with one attached hydrogen (secondary N) is 3. The van der Waals surface area contributed by atoms with Crippen molar-refractivity contribution in [2.75, 3.05) is 25.0 Å². The third-order valence-electron chi connectivity index (χ3n) is 5.37. The molecule has 1 aliphatic rings. The van der Waals surface area contributed by atoms with Crippen molar-refractivity contribution in [1.29, 1.82) is 0 Å². The van der Waals surface area contributed by atoms with E-state index >= 15 is 0 Å². The van der Waals surface area contributed by atoms with E-state index in [1.165, 1.54) is 0 Å². The van der Waals surface area contributed by atoms with Crippen LogP contribution in [0.1, 0.15) is 41.7 Å². The quantitative estimate of drug-likeness (QED) is 0.606. The van der Waals surface area contributed by atoms with E-state index in [1.54, 1.807) is 6.20 Å². The molecule has 1 aliphatic heterocycles. The highest BCUT2D eigenvalue weighted by atomic mass is 16.2. The molecular formula is C22H26N6O2. The topological polar surface area (TPSA) is 95.1 Å². The summed E-state index contributed by atoms with van der Waals surface area (Å²) < 4.78 is 1.99. The summed E-state index contributed by atoms with van der Waals surface area (Å²) >= 11 is 0. The first-order valence-corrected chi connectivity index (χ1v) is 10.3. The smallest absolute Gasteiger partial charge is 0.319 e. The van der Waals surface area contributed by atoms with E-state index in [1.807, 2.05) is 65.2 Å². The molecular weight excluding hydrogens is 380 g/mol. The van der Waals surface area contributed by atoms with Crippen LogP contribution >= 0.6 is 0 Å². The van der Waals surface area contributed by atoms with Gasteiger partial charge in [0.05, 0.1) is 17.6 Å². The van der Waals surface area contributed by atoms with E-state index < -0.39 is 0 Å². The molecule has 1 saturated heterocycles. The number of H-pyrrole nitrogens is 1. The molecule has 3 N–H and O–H groups in total. The van der Waals surface area contributed by atoms with Crippen molar-refractivity contribution in [3.05, 3.63) is 66.2 Å². The number of anilines is 1. The summed E-state index contributed by atoms with van der Waals surface area (Å²) in [6, 6.07) is 11.3. The highest BCUT2D eigenvalue weighted by molar-refractivity contribution is 5.95. The normalized spacial score (nSPS) is 16.3. The van der Waals surface area contributed by atoms with E-state index in [0.29, 0.717) is 24.3 Å². The molecule has 1 fully saturated rings. The predicted molar refractivity (Wildman–Crippen MR) is 115 cm³/mol. The third kappa shape index (κ3) is 4.22. The minimum absolute atomic E-state index is 0.0199. The fourth-order valence-electron chi connectivity index (χ4n) is 3.92. The molecule has 0 radical (unpaired) electrons. The number of nitrogens with zero attached hydrogens (tertiary/aromatic N) is 3. The van der Waals surface area contributed by atoms with Gasteiger partial charge in [0.15, 0.2) is 0 Å². The molecule has 2 aromatic heterocycles. The van der Waals surface area contributed by atoms with E-state index in [9.17, 15) is 9.59 Å². The lowest BCUT2D eigenvalue weighted by Gasteiger charge is -2.32. The van der Waals surface area contributed by atoms with Gasteiger partial charge in [-0.15, -0.1) is 0 Å². The first-order valence-electron chi connectivity index (χ1n) is 10.3. The van der Waals surface area contributed by atoms with Crippen LogP contribution in [0.3, 0.4) is 0 Å². The fraction of sp³-hybridized carbons (Fsp3) is 0.318. The van der Waals surface area contributed by atoms with Crippen molar-refractivity contribution in [1.82, 2.24) is 25.0 Å². The zero-order valence-electron chi connectivity index (χ0n) is 17.0. The minimum Gasteiger partial charge on any atom is -0.338 e. The first kappa shape index (κ1) is 19.8. The van der Waals surface area contributed by atoms with Gasteiger partial charge in [-0.05, 0) is 50.1 Å². The van der Waals surface area contributed by atoms with Crippen molar-refractivity contribution in [2.45, 2.75) is 25.7 Å². The van der Waals surface area contributed by atoms with Crippen LogP contribution in [-0.2, 0) is 0 Å². The second-order valence-corrected chi connectivity index (χ2v) is 7.41. The molecule has 0 spiro atoms. The Labute approximate surface area is 175 Å². The van der Waals surface area contributed by atoms with Crippen LogP contribution in [0.15, 0.2) is 55.0 Å². The molecule has 0 aliphatic carbocycles. The average molecular weight is 406 g/mol. The Morgan fingerprint density at radius 3 is 2.87 bits per heavy atom. The number of aromatic nitrogens is 3. The van der Waals surface area contributed by atoms with Gasteiger partial charge in [-0.25, -0.2) is 4.79 Å². The van der Waals surface area contributed by atoms with Crippen LogP contribution in [0.4, 0.5) is 10.5 Å². The maximum atomic E-state index is 13.2. The molecule has 4 rings (SSSR count). The molecule has 1 aromatic carbocycles. The standard InChI is InChI=1S/C22H26N6O2/c1-2-23-22(30)25-19-14-24-26-20(19)17-8-6-12-28(15-17)21(29)16-7-5-9-18(13-16)27-10-3-4-11-27/h3-5,7,9-11,13-14,17H,2,6,8,12,15H2,1H3,(H,24,26)(H2,23,25,30)/t17-/m1/s1. The van der Waals surface area contributed by atoms with E-state index in [0.717, 1.165) is 30.8 Å². The first-order chi connectivity index (χ1) is 14.7. The maximum absolute atomic E-state index is 13.2. The van der Waals surface area contributed by atoms with Crippen LogP contribution < -0.4 is 10.6 Å². The molecule has 3 heterocycles. The van der Waals surface area contributed by atoms with Crippen molar-refractivity contribution < 1.29 is 9.59 Å². The maximum Gasteiger partial charge on any atom is 0.319 e. The van der Waals surface area contributed by atoms with Crippen LogP contribution in [0.25, 0.3) is 5.69 Å². The number of hydrogen-bond acceptors (Lipinski definition) is 3. The Morgan fingerprint density at radius 2 is 2.07 bits per heavy atom. The number of amides is 3. The highest BCUT2D eigenvalue weighted by Gasteiger charge is 2.28. The summed E-state index contributed by atoms with van der Waals surface area (Å²) in [7, 11) is 0. The molecule has 8 heteroatoms. The molecule has 1 atom stereocenters. The lowest BCUT2D eigenvalue weighted by molar-refractivity contribution is 0.0706. The molecule has 0 unspecified atom stereocenters. The van der Waals surface area contributed by atoms with Gasteiger partial charge in [-0.1, -0.05) is 6.07 Å². The number of benzene rings is 1. The molecule has 3 amide bonds. The number of carbonyl (C=O) groups excluding carboxylic acids is 2. The largest absolute Gasteiger partial charge is 0.338 e. The van der Waals surface area contributed by atoms with Crippen molar-refractivity contribution in [2.24, 2.45) is 0 Å². The Hall–Kier alpha value is -3.55. The van der Waals surface area contributed by atoms with Gasteiger partial charge in [0.25, 0.3) is 5.91 Å². The number of carbonyl (C=O) groups is 2. The molecule has 0 bridgehead atoms. The summed E-state index contributed by atoms with van der Waals surface area (Å²) in [5.41, 5.74) is 3.16. The predicted octanol–water partition coefficient (Wildman–Crippen LogP) is 3.36. The summed E-state index contributed by atoms with van der Waals surface area (Å²) in [6.45, 7) is 3.72. The van der Waals surface area contributed by atoms with Crippen LogP contribution in [0, 0.1) is 0 Å². The SMILES string of the molecule is CCNC(=O)Nc1cn[nH]c1[C@@H]1CCCN(C(=O)c2cccc(-n3cccc3)c2)C1. The second kappa shape index (κ2) is 8.86. The van der Waals surface area contributed by atoms with Crippen molar-refractivity contribution in [3.8, 4) is 5.69 Å². The number of piperidine rings is 1. The van der Waals surface area contributed by atoms with Gasteiger partial charge in [0, 0.05) is 49.2 Å². The number of likely N-dealkylation sites (tertiary alicyclic amines) is 1. The zero-order valence-corrected chi connectivity index (χ0v) is 17.0. The van der Waals surface area contributed by atoms with Gasteiger partial charge in [-0.3, -0.25) is 9.89 Å². The molecule has 30 heavy (non-hydrogen) atoms. The number of rotatable bonds is 5. The number of aromatic amines is 1. The third-order valence-corrected chi connectivity index (χ3v) is 5.37. The lowest BCUT2D eigenvalue weighted by Crippen LogP contribution is -2.39. The minimum atomic E-state index is -0.259. The lowest BCUT2D eigenvalue weighted by atomic mass is 9.93. The molecule has 156 valence electrons. The summed E-state index contributed by atoms with van der Waals surface area (Å²) in [6.07, 6.45) is 7.36. The Morgan fingerprint density at radius 1 is 1.23 bits per heavy atom.